The number of allylic oxidation sites excluding steroid dienone is 1. The zero-order valence-corrected chi connectivity index (χ0v) is 17.6. The number of benzene rings is 3. The van der Waals surface area contributed by atoms with Crippen molar-refractivity contribution in [2.24, 2.45) is 10.2 Å². The van der Waals surface area contributed by atoms with Crippen molar-refractivity contribution in [3.63, 3.8) is 0 Å². The van der Waals surface area contributed by atoms with Crippen LogP contribution in [0.5, 0.6) is 5.75 Å². The highest BCUT2D eigenvalue weighted by Gasteiger charge is 2.35. The van der Waals surface area contributed by atoms with Crippen LogP contribution in [-0.4, -0.2) is 17.5 Å². The molecule has 2 atom stereocenters. The molecule has 2 aliphatic rings. The fourth-order valence-corrected chi connectivity index (χ4v) is 4.28. The van der Waals surface area contributed by atoms with Crippen molar-refractivity contribution >= 4 is 11.5 Å². The number of fused-ring (bicyclic) bond motifs is 1. The van der Waals surface area contributed by atoms with E-state index in [0.717, 1.165) is 16.9 Å². The van der Waals surface area contributed by atoms with Gasteiger partial charge in [-0.05, 0) is 36.3 Å². The van der Waals surface area contributed by atoms with Crippen molar-refractivity contribution in [1.29, 1.82) is 0 Å². The van der Waals surface area contributed by atoms with Gasteiger partial charge in [0.1, 0.15) is 17.6 Å². The first-order valence-electron chi connectivity index (χ1n) is 10.7. The third-order valence-corrected chi connectivity index (χ3v) is 5.83. The minimum absolute atomic E-state index is 0.0397. The molecule has 158 valence electrons. The number of hydrogen-bond donors (Lipinski definition) is 1. The summed E-state index contributed by atoms with van der Waals surface area (Å²) in [6.07, 6.45) is 1.94. The summed E-state index contributed by atoms with van der Waals surface area (Å²) in [6, 6.07) is 24.7. The third-order valence-electron chi connectivity index (χ3n) is 5.83. The van der Waals surface area contributed by atoms with Gasteiger partial charge in [0, 0.05) is 17.0 Å². The number of nitrogens with zero attached hydrogens (tertiary/aromatic N) is 2. The summed E-state index contributed by atoms with van der Waals surface area (Å²) in [5, 5.41) is 19.8. The van der Waals surface area contributed by atoms with Gasteiger partial charge in [-0.25, -0.2) is 0 Å². The van der Waals surface area contributed by atoms with Gasteiger partial charge in [0.2, 0.25) is 0 Å². The summed E-state index contributed by atoms with van der Waals surface area (Å²) in [4.78, 5) is 13.0. The first kappa shape index (κ1) is 19.9. The van der Waals surface area contributed by atoms with Crippen LogP contribution in [0.15, 0.2) is 106 Å². The van der Waals surface area contributed by atoms with E-state index < -0.39 is 0 Å². The van der Waals surface area contributed by atoms with Crippen LogP contribution in [0, 0.1) is 0 Å². The summed E-state index contributed by atoms with van der Waals surface area (Å²) in [5.74, 6) is 0.399. The van der Waals surface area contributed by atoms with Crippen LogP contribution in [0.1, 0.15) is 45.9 Å². The monoisotopic (exact) mass is 422 g/mol. The van der Waals surface area contributed by atoms with Crippen LogP contribution in [0.25, 0.3) is 5.76 Å². The molecule has 3 aromatic carbocycles. The minimum atomic E-state index is -0.251. The van der Waals surface area contributed by atoms with Gasteiger partial charge in [0.05, 0.1) is 17.9 Å². The zero-order valence-electron chi connectivity index (χ0n) is 17.6. The molecule has 0 radical (unpaired) electrons. The molecule has 0 fully saturated rings. The molecule has 0 bridgehead atoms. The van der Waals surface area contributed by atoms with E-state index >= 15 is 0 Å². The lowest BCUT2D eigenvalue weighted by atomic mass is 9.85. The number of ether oxygens (including phenoxy) is 1. The fraction of sp³-hybridized carbons (Fsp3) is 0.148. The first-order chi connectivity index (χ1) is 15.7. The van der Waals surface area contributed by atoms with Gasteiger partial charge in [-0.1, -0.05) is 66.7 Å². The lowest BCUT2D eigenvalue weighted by Crippen LogP contribution is -2.13. The summed E-state index contributed by atoms with van der Waals surface area (Å²) in [7, 11) is 0. The van der Waals surface area contributed by atoms with Crippen molar-refractivity contribution in [1.82, 2.24) is 0 Å². The van der Waals surface area contributed by atoms with Crippen LogP contribution in [0.4, 0.5) is 0 Å². The predicted octanol–water partition coefficient (Wildman–Crippen LogP) is 6.43. The summed E-state index contributed by atoms with van der Waals surface area (Å²) < 4.78 is 5.56. The van der Waals surface area contributed by atoms with Crippen molar-refractivity contribution in [2.45, 2.75) is 18.9 Å². The number of aliphatic hydroxyl groups excluding tert-OH is 1. The predicted molar refractivity (Wildman–Crippen MR) is 123 cm³/mol. The van der Waals surface area contributed by atoms with Crippen LogP contribution in [0.3, 0.4) is 0 Å². The van der Waals surface area contributed by atoms with Gasteiger partial charge in [-0.15, -0.1) is 0 Å². The molecule has 1 aliphatic heterocycles. The molecular weight excluding hydrogens is 400 g/mol. The topological polar surface area (TPSA) is 71.2 Å². The number of ketones is 1. The molecule has 0 saturated carbocycles. The average molecular weight is 422 g/mol. The maximum Gasteiger partial charge on any atom is 0.199 e. The number of carbonyl (C=O) groups excluding carboxylic acids is 1. The maximum atomic E-state index is 13.0. The number of aliphatic hydroxyl groups is 1. The van der Waals surface area contributed by atoms with Crippen LogP contribution in [0.2, 0.25) is 0 Å². The second kappa shape index (κ2) is 8.27. The molecule has 0 spiro atoms. The van der Waals surface area contributed by atoms with Gasteiger partial charge in [0.25, 0.3) is 0 Å². The third kappa shape index (κ3) is 3.42. The number of carbonyl (C=O) groups is 1. The second-order valence-electron chi connectivity index (χ2n) is 7.75. The van der Waals surface area contributed by atoms with Crippen LogP contribution >= 0.6 is 0 Å². The molecule has 0 aromatic heterocycles. The van der Waals surface area contributed by atoms with E-state index in [1.54, 1.807) is 24.3 Å². The Balaban J connectivity index is 1.56. The first-order valence-corrected chi connectivity index (χ1v) is 10.7. The van der Waals surface area contributed by atoms with Crippen molar-refractivity contribution in [3.8, 4) is 5.75 Å². The number of rotatable bonds is 5. The van der Waals surface area contributed by atoms with Gasteiger partial charge in [0.15, 0.2) is 5.78 Å². The average Bonchev–Trinajstić information content (AvgIpc) is 3.10. The van der Waals surface area contributed by atoms with Crippen molar-refractivity contribution in [2.75, 3.05) is 6.61 Å². The van der Waals surface area contributed by atoms with E-state index in [0.29, 0.717) is 23.4 Å². The Morgan fingerprint density at radius 3 is 2.25 bits per heavy atom. The van der Waals surface area contributed by atoms with Crippen LogP contribution in [-0.2, 0) is 0 Å². The van der Waals surface area contributed by atoms with E-state index in [-0.39, 0.29) is 29.1 Å². The van der Waals surface area contributed by atoms with E-state index in [2.05, 4.69) is 10.2 Å². The largest absolute Gasteiger partial charge is 0.506 e. The molecule has 5 heteroatoms. The molecule has 0 unspecified atom stereocenters. The van der Waals surface area contributed by atoms with Gasteiger partial charge < -0.3 is 9.84 Å². The van der Waals surface area contributed by atoms with E-state index in [1.807, 2.05) is 67.6 Å². The van der Waals surface area contributed by atoms with Gasteiger partial charge in [-0.2, -0.15) is 10.2 Å². The van der Waals surface area contributed by atoms with Gasteiger partial charge >= 0.3 is 0 Å². The van der Waals surface area contributed by atoms with E-state index in [4.69, 9.17) is 4.74 Å². The van der Waals surface area contributed by atoms with Crippen LogP contribution < -0.4 is 4.74 Å². The molecule has 1 aliphatic carbocycles. The lowest BCUT2D eigenvalue weighted by molar-refractivity contribution is 0.103. The molecular formula is C27H22N2O3. The van der Waals surface area contributed by atoms with Crippen molar-refractivity contribution in [3.05, 3.63) is 118 Å². The second-order valence-corrected chi connectivity index (χ2v) is 7.75. The maximum absolute atomic E-state index is 13.0. The Labute approximate surface area is 186 Å². The van der Waals surface area contributed by atoms with E-state index in [1.165, 1.54) is 0 Å². The molecule has 5 nitrogen and oxygen atoms in total. The SMILES string of the molecule is CCOc1ccc([C@H]2N=NC(C3=C(O)c4ccccc4C3=O)=C[C@H]2c2ccccc2)cc1. The summed E-state index contributed by atoms with van der Waals surface area (Å²) >= 11 is 0. The summed E-state index contributed by atoms with van der Waals surface area (Å²) in [6.45, 7) is 2.56. The highest BCUT2D eigenvalue weighted by Crippen LogP contribution is 2.44. The van der Waals surface area contributed by atoms with Gasteiger partial charge in [-0.3, -0.25) is 4.79 Å². The quantitative estimate of drug-likeness (QED) is 0.515. The molecule has 0 amide bonds. The molecule has 5 rings (SSSR count). The number of Topliss-reactive ketones (excluding diaryl/α,β-unsaturated/α-hetero) is 1. The Morgan fingerprint density at radius 1 is 0.875 bits per heavy atom. The number of hydrogen-bond acceptors (Lipinski definition) is 5. The zero-order chi connectivity index (χ0) is 22.1. The van der Waals surface area contributed by atoms with E-state index in [9.17, 15) is 9.90 Å². The molecule has 1 N–H and O–H groups in total. The Hall–Kier alpha value is -3.99. The Kier molecular flexibility index (Phi) is 5.15. The molecule has 32 heavy (non-hydrogen) atoms. The minimum Gasteiger partial charge on any atom is -0.506 e. The molecule has 1 heterocycles. The lowest BCUT2D eigenvalue weighted by Gasteiger charge is -2.25. The van der Waals surface area contributed by atoms with Crippen molar-refractivity contribution < 1.29 is 14.6 Å². The smallest absolute Gasteiger partial charge is 0.199 e. The highest BCUT2D eigenvalue weighted by molar-refractivity contribution is 6.22. The Morgan fingerprint density at radius 2 is 1.56 bits per heavy atom. The summed E-state index contributed by atoms with van der Waals surface area (Å²) in [5.41, 5.74) is 3.70. The highest BCUT2D eigenvalue weighted by atomic mass is 16.5. The fourth-order valence-electron chi connectivity index (χ4n) is 4.28. The normalized spacial score (nSPS) is 19.7. The molecule has 3 aromatic rings. The number of azo groups is 1. The standard InChI is InChI=1S/C27H22N2O3/c1-2-32-19-14-12-18(13-15-19)25-22(17-8-4-3-5-9-17)16-23(28-29-25)24-26(30)20-10-6-7-11-21(20)27(24)31/h3-16,22,25,30H,2H2,1H3/t22-,25+/m0/s1. The Bertz CT molecular complexity index is 1260. The molecule has 0 saturated heterocycles.